The minimum atomic E-state index is 0. The molecule has 2 fully saturated rings. The van der Waals surface area contributed by atoms with Crippen molar-refractivity contribution < 1.29 is 9.53 Å². The van der Waals surface area contributed by atoms with Gasteiger partial charge in [0.05, 0.1) is 18.9 Å². The van der Waals surface area contributed by atoms with E-state index in [4.69, 9.17) is 9.84 Å². The molecule has 1 aromatic rings. The summed E-state index contributed by atoms with van der Waals surface area (Å²) in [4.78, 5) is 14.0. The largest absolute Gasteiger partial charge is 0.378 e. The van der Waals surface area contributed by atoms with Crippen molar-refractivity contribution in [1.82, 2.24) is 20.4 Å². The number of morpholine rings is 1. The molecule has 2 N–H and O–H groups in total. The van der Waals surface area contributed by atoms with Crippen LogP contribution in [-0.2, 0) is 23.1 Å². The van der Waals surface area contributed by atoms with Crippen LogP contribution in [0.2, 0.25) is 0 Å². The maximum absolute atomic E-state index is 11.7. The lowest BCUT2D eigenvalue weighted by molar-refractivity contribution is -0.122. The monoisotopic (exact) mass is 385 g/mol. The minimum absolute atomic E-state index is 0. The van der Waals surface area contributed by atoms with Gasteiger partial charge in [-0.3, -0.25) is 9.48 Å². The Balaban J connectivity index is 0.00000243. The summed E-state index contributed by atoms with van der Waals surface area (Å²) in [5.41, 5.74) is 2.42. The van der Waals surface area contributed by atoms with Gasteiger partial charge in [0, 0.05) is 51.3 Å². The first kappa shape index (κ1) is 21.0. The summed E-state index contributed by atoms with van der Waals surface area (Å²) in [5, 5.41) is 11.2. The smallest absolute Gasteiger partial charge is 0.223 e. The van der Waals surface area contributed by atoms with E-state index in [9.17, 15) is 4.79 Å². The van der Waals surface area contributed by atoms with Gasteiger partial charge in [-0.05, 0) is 18.8 Å². The predicted octanol–water partition coefficient (Wildman–Crippen LogP) is 1.42. The molecule has 0 radical (unpaired) electrons. The van der Waals surface area contributed by atoms with Crippen molar-refractivity contribution >= 4 is 24.1 Å². The highest BCUT2D eigenvalue weighted by Crippen LogP contribution is 2.29. The number of hydrogen-bond acceptors (Lipinski definition) is 5. The molecule has 7 nitrogen and oxygen atoms in total. The molecule has 2 heterocycles. The van der Waals surface area contributed by atoms with Gasteiger partial charge in [0.1, 0.15) is 5.82 Å². The normalized spacial score (nSPS) is 17.3. The van der Waals surface area contributed by atoms with Gasteiger partial charge >= 0.3 is 0 Å². The highest BCUT2D eigenvalue weighted by molar-refractivity contribution is 5.85. The Labute approximate surface area is 162 Å². The molecule has 1 amide bonds. The third kappa shape index (κ3) is 5.11. The number of anilines is 1. The van der Waals surface area contributed by atoms with Crippen molar-refractivity contribution in [2.24, 2.45) is 13.0 Å². The van der Waals surface area contributed by atoms with Crippen molar-refractivity contribution in [2.75, 3.05) is 44.3 Å². The average molecular weight is 386 g/mol. The summed E-state index contributed by atoms with van der Waals surface area (Å²) >= 11 is 0. The number of nitrogens with one attached hydrogen (secondary N) is 2. The summed E-state index contributed by atoms with van der Waals surface area (Å²) in [6.45, 7) is 9.93. The van der Waals surface area contributed by atoms with Crippen molar-refractivity contribution in [2.45, 2.75) is 39.2 Å². The number of carbonyl (C=O) groups excluding carboxylic acids is 1. The third-order valence-electron chi connectivity index (χ3n) is 4.85. The average Bonchev–Trinajstić information content (AvgIpc) is 3.39. The fourth-order valence-electron chi connectivity index (χ4n) is 3.36. The number of carbonyl (C=O) groups is 1. The lowest BCUT2D eigenvalue weighted by Gasteiger charge is -2.29. The Bertz CT molecular complexity index is 595. The van der Waals surface area contributed by atoms with Gasteiger partial charge < -0.3 is 20.3 Å². The van der Waals surface area contributed by atoms with Gasteiger partial charge in [-0.2, -0.15) is 5.10 Å². The molecule has 1 saturated heterocycles. The molecule has 3 rings (SSSR count). The fraction of sp³-hybridized carbons (Fsp3) is 0.778. The summed E-state index contributed by atoms with van der Waals surface area (Å²) in [6.07, 6.45) is 2.10. The van der Waals surface area contributed by atoms with Crippen LogP contribution >= 0.6 is 12.4 Å². The molecule has 2 aliphatic rings. The number of halogens is 1. The van der Waals surface area contributed by atoms with E-state index in [-0.39, 0.29) is 24.2 Å². The molecule has 1 aliphatic carbocycles. The van der Waals surface area contributed by atoms with E-state index < -0.39 is 0 Å². The van der Waals surface area contributed by atoms with E-state index >= 15 is 0 Å². The van der Waals surface area contributed by atoms with Crippen LogP contribution in [-0.4, -0.2) is 55.1 Å². The zero-order chi connectivity index (χ0) is 17.8. The number of aryl methyl sites for hydroxylation is 1. The van der Waals surface area contributed by atoms with Crippen LogP contribution in [0.1, 0.15) is 43.9 Å². The van der Waals surface area contributed by atoms with E-state index in [0.29, 0.717) is 12.5 Å². The van der Waals surface area contributed by atoms with E-state index in [1.165, 1.54) is 11.4 Å². The Kier molecular flexibility index (Phi) is 7.73. The zero-order valence-electron chi connectivity index (χ0n) is 16.1. The molecular weight excluding hydrogens is 354 g/mol. The Morgan fingerprint density at radius 1 is 1.27 bits per heavy atom. The van der Waals surface area contributed by atoms with Gasteiger partial charge in [-0.15, -0.1) is 12.4 Å². The number of aromatic nitrogens is 2. The highest BCUT2D eigenvalue weighted by atomic mass is 35.5. The molecule has 0 unspecified atom stereocenters. The highest BCUT2D eigenvalue weighted by Gasteiger charge is 2.29. The van der Waals surface area contributed by atoms with E-state index in [0.717, 1.165) is 57.9 Å². The standard InChI is InChI=1S/C18H31N5O2.ClH/c1-13(2)16-15(12-19-6-7-20-17(24)14-4-5-14)18(22(3)21-16)23-8-10-25-11-9-23;/h13-14,19H,4-12H2,1-3H3,(H,20,24);1H. The van der Waals surface area contributed by atoms with Gasteiger partial charge in [-0.1, -0.05) is 13.8 Å². The molecule has 1 aromatic heterocycles. The van der Waals surface area contributed by atoms with Crippen molar-refractivity contribution in [1.29, 1.82) is 0 Å². The van der Waals surface area contributed by atoms with Crippen molar-refractivity contribution in [3.05, 3.63) is 11.3 Å². The minimum Gasteiger partial charge on any atom is -0.378 e. The Morgan fingerprint density at radius 3 is 2.58 bits per heavy atom. The second-order valence-electron chi connectivity index (χ2n) is 7.31. The molecule has 1 aliphatic heterocycles. The van der Waals surface area contributed by atoms with Crippen LogP contribution in [0, 0.1) is 5.92 Å². The zero-order valence-corrected chi connectivity index (χ0v) is 16.9. The molecule has 1 saturated carbocycles. The second-order valence-corrected chi connectivity index (χ2v) is 7.31. The van der Waals surface area contributed by atoms with Gasteiger partial charge in [0.25, 0.3) is 0 Å². The first-order chi connectivity index (χ1) is 12.1. The van der Waals surface area contributed by atoms with Crippen molar-refractivity contribution in [3.8, 4) is 0 Å². The molecular formula is C18H32ClN5O2. The summed E-state index contributed by atoms with van der Waals surface area (Å²) in [7, 11) is 2.02. The number of ether oxygens (including phenoxy) is 1. The second kappa shape index (κ2) is 9.58. The number of nitrogens with zero attached hydrogens (tertiary/aromatic N) is 3. The van der Waals surface area contributed by atoms with Crippen LogP contribution in [0.3, 0.4) is 0 Å². The van der Waals surface area contributed by atoms with E-state index in [1.807, 2.05) is 11.7 Å². The molecule has 26 heavy (non-hydrogen) atoms. The molecule has 0 aromatic carbocycles. The van der Waals surface area contributed by atoms with Gasteiger partial charge in [0.15, 0.2) is 0 Å². The Hall–Kier alpha value is -1.31. The lowest BCUT2D eigenvalue weighted by Crippen LogP contribution is -2.38. The number of amides is 1. The van der Waals surface area contributed by atoms with Crippen molar-refractivity contribution in [3.63, 3.8) is 0 Å². The Morgan fingerprint density at radius 2 is 1.96 bits per heavy atom. The first-order valence-corrected chi connectivity index (χ1v) is 9.44. The van der Waals surface area contributed by atoms with Crippen LogP contribution < -0.4 is 15.5 Å². The topological polar surface area (TPSA) is 71.4 Å². The lowest BCUT2D eigenvalue weighted by atomic mass is 10.0. The van der Waals surface area contributed by atoms with E-state index in [1.54, 1.807) is 0 Å². The fourth-order valence-corrected chi connectivity index (χ4v) is 3.36. The van der Waals surface area contributed by atoms with Crippen LogP contribution in [0.5, 0.6) is 0 Å². The van der Waals surface area contributed by atoms with Gasteiger partial charge in [0.2, 0.25) is 5.91 Å². The summed E-state index contributed by atoms with van der Waals surface area (Å²) in [6, 6.07) is 0. The SMILES string of the molecule is CC(C)c1nn(C)c(N2CCOCC2)c1CNCCNC(=O)C1CC1.Cl. The van der Waals surface area contributed by atoms with Gasteiger partial charge in [-0.25, -0.2) is 0 Å². The molecule has 8 heteroatoms. The van der Waals surface area contributed by atoms with Crippen LogP contribution in [0.15, 0.2) is 0 Å². The quantitative estimate of drug-likeness (QED) is 0.662. The molecule has 0 atom stereocenters. The predicted molar refractivity (Wildman–Crippen MR) is 105 cm³/mol. The molecule has 0 spiro atoms. The summed E-state index contributed by atoms with van der Waals surface area (Å²) < 4.78 is 7.49. The number of hydrogen-bond donors (Lipinski definition) is 2. The molecule has 148 valence electrons. The maximum atomic E-state index is 11.7. The maximum Gasteiger partial charge on any atom is 0.223 e. The third-order valence-corrected chi connectivity index (χ3v) is 4.85. The molecule has 0 bridgehead atoms. The first-order valence-electron chi connectivity index (χ1n) is 9.44. The number of rotatable bonds is 8. The summed E-state index contributed by atoms with van der Waals surface area (Å²) in [5.74, 6) is 2.06. The van der Waals surface area contributed by atoms with Crippen LogP contribution in [0.25, 0.3) is 0 Å². The van der Waals surface area contributed by atoms with Crippen LogP contribution in [0.4, 0.5) is 5.82 Å². The van der Waals surface area contributed by atoms with E-state index in [2.05, 4.69) is 29.4 Å².